The van der Waals surface area contributed by atoms with E-state index in [1.807, 2.05) is 12.1 Å². The molecule has 0 spiro atoms. The smallest absolute Gasteiger partial charge is 0.335 e. The highest BCUT2D eigenvalue weighted by Gasteiger charge is 2.27. The molecule has 0 aliphatic carbocycles. The summed E-state index contributed by atoms with van der Waals surface area (Å²) in [6, 6.07) is 9.40. The summed E-state index contributed by atoms with van der Waals surface area (Å²) in [5.74, 6) is -8.13. The number of hydrogen-bond donors (Lipinski definition) is 7. The Hall–Kier alpha value is -10.3. The van der Waals surface area contributed by atoms with E-state index in [1.165, 1.54) is 0 Å². The number of carboxylic acid groups (broad SMARTS) is 4. The number of nitrogens with zero attached hydrogens (tertiary/aromatic N) is 17. The van der Waals surface area contributed by atoms with Crippen LogP contribution in [0.4, 0.5) is 34.6 Å². The largest absolute Gasteiger partial charge is 0.479 e. The fourth-order valence-corrected chi connectivity index (χ4v) is 6.27. The minimum Gasteiger partial charge on any atom is -0.479 e. The molecule has 0 unspecified atom stereocenters. The van der Waals surface area contributed by atoms with Gasteiger partial charge in [-0.3, -0.25) is 0 Å². The predicted octanol–water partition coefficient (Wildman–Crippen LogP) is 5.10. The van der Waals surface area contributed by atoms with Crippen LogP contribution in [-0.4, -0.2) is 103 Å². The molecule has 0 amide bonds. The molecule has 5 heterocycles. The van der Waals surface area contributed by atoms with Gasteiger partial charge in [-0.25, -0.2) is 28.5 Å². The van der Waals surface area contributed by atoms with Crippen molar-refractivity contribution in [2.24, 2.45) is 20.5 Å². The van der Waals surface area contributed by atoms with E-state index >= 15 is 0 Å². The molecule has 0 saturated carbocycles. The molecule has 0 radical (unpaired) electrons. The van der Waals surface area contributed by atoms with Gasteiger partial charge in [-0.2, -0.15) is 55.2 Å². The van der Waals surface area contributed by atoms with Gasteiger partial charge >= 0.3 is 29.9 Å². The third-order valence-electron chi connectivity index (χ3n) is 9.45. The summed E-state index contributed by atoms with van der Waals surface area (Å²) in [5, 5.41) is 103. The van der Waals surface area contributed by atoms with Gasteiger partial charge < -0.3 is 37.0 Å². The van der Waals surface area contributed by atoms with Crippen LogP contribution >= 0.6 is 0 Å². The first-order valence-electron chi connectivity index (χ1n) is 19.1. The first-order chi connectivity index (χ1) is 31.8. The standard InChI is InChI=1S/C39H31N19O9/c1-15(2)25-27(49-51-31-21(11-40)13-44-55(31)23-7-17(33(59)60)5-18(8-23)34(61)62)29(42)57(53-25)37-46-38(48-39(67)47-37)58-30(43)28(26(54-58)16(3)4)50-52-32-22(12-41)14-45-56(32)24-9-19(35(63)64)6-20(10-24)36(65)66/h5-10,13-16H,42-43H2,1-4H3,(H,59,60)(H,61,62)(H,63,64)(H,65,66)(H,46,47,48,67). The number of nitrogens with two attached hydrogens (primary N) is 2. The highest BCUT2D eigenvalue weighted by atomic mass is 16.4. The van der Waals surface area contributed by atoms with Crippen LogP contribution < -0.4 is 11.5 Å². The number of aromatic hydroxyl groups is 1. The van der Waals surface area contributed by atoms with Crippen LogP contribution in [-0.2, 0) is 0 Å². The lowest BCUT2D eigenvalue weighted by Crippen LogP contribution is -2.13. The molecule has 28 heteroatoms. The summed E-state index contributed by atoms with van der Waals surface area (Å²) in [4.78, 5) is 59.6. The molecule has 0 bridgehead atoms. The Balaban J connectivity index is 1.29. The van der Waals surface area contributed by atoms with Gasteiger partial charge in [-0.1, -0.05) is 27.7 Å². The number of hydrogen-bond acceptors (Lipinski definition) is 20. The van der Waals surface area contributed by atoms with Crippen molar-refractivity contribution in [1.82, 2.24) is 54.1 Å². The number of aromatic carboxylic acids is 4. The minimum atomic E-state index is -1.42. The number of benzene rings is 2. The Kier molecular flexibility index (Phi) is 11.7. The molecule has 67 heavy (non-hydrogen) atoms. The maximum absolute atomic E-state index is 11.8. The van der Waals surface area contributed by atoms with E-state index in [0.717, 1.165) is 67.5 Å². The van der Waals surface area contributed by atoms with Gasteiger partial charge in [0.05, 0.1) is 57.4 Å². The first kappa shape index (κ1) is 44.8. The Labute approximate surface area is 373 Å². The molecule has 0 saturated heterocycles. The number of rotatable bonds is 14. The van der Waals surface area contributed by atoms with Gasteiger partial charge in [0.25, 0.3) is 11.9 Å². The average Bonchev–Trinajstić information content (AvgIpc) is 4.06. The van der Waals surface area contributed by atoms with E-state index in [9.17, 15) is 55.2 Å². The molecule has 0 aliphatic rings. The van der Waals surface area contributed by atoms with E-state index in [0.29, 0.717) is 0 Å². The summed E-state index contributed by atoms with van der Waals surface area (Å²) < 4.78 is 4.06. The Morgan fingerprint density at radius 2 is 0.910 bits per heavy atom. The summed E-state index contributed by atoms with van der Waals surface area (Å²) in [7, 11) is 0. The number of carboxylic acids is 4. The Morgan fingerprint density at radius 1 is 0.567 bits per heavy atom. The van der Waals surface area contributed by atoms with Crippen molar-refractivity contribution in [1.29, 1.82) is 10.5 Å². The van der Waals surface area contributed by atoms with Crippen LogP contribution in [0.25, 0.3) is 23.3 Å². The summed E-state index contributed by atoms with van der Waals surface area (Å²) >= 11 is 0. The number of aromatic nitrogens is 11. The fraction of sp³-hybridized carbons (Fsp3) is 0.154. The number of nitriles is 2. The number of nitrogen functional groups attached to an aromatic ring is 2. The summed E-state index contributed by atoms with van der Waals surface area (Å²) in [5.41, 5.74) is 11.6. The molecular weight excluding hydrogens is 879 g/mol. The maximum atomic E-state index is 11.8. The third-order valence-corrected chi connectivity index (χ3v) is 9.45. The quantitative estimate of drug-likeness (QED) is 0.0698. The lowest BCUT2D eigenvalue weighted by molar-refractivity contribution is 0.0676. The molecule has 0 aliphatic heterocycles. The normalized spacial score (nSPS) is 11.5. The summed E-state index contributed by atoms with van der Waals surface area (Å²) in [6.45, 7) is 6.99. The van der Waals surface area contributed by atoms with Gasteiger partial charge in [0.1, 0.15) is 23.3 Å². The van der Waals surface area contributed by atoms with Gasteiger partial charge in [-0.15, -0.1) is 20.5 Å². The molecule has 5 aromatic heterocycles. The second-order valence-electron chi connectivity index (χ2n) is 14.6. The van der Waals surface area contributed by atoms with Crippen molar-refractivity contribution in [3.8, 4) is 41.4 Å². The van der Waals surface area contributed by atoms with Gasteiger partial charge in [0.15, 0.2) is 34.6 Å². The van der Waals surface area contributed by atoms with E-state index in [1.54, 1.807) is 27.7 Å². The third kappa shape index (κ3) is 8.49. The van der Waals surface area contributed by atoms with Crippen LogP contribution in [0.2, 0.25) is 0 Å². The van der Waals surface area contributed by atoms with Crippen molar-refractivity contribution in [3.05, 3.63) is 93.6 Å². The predicted molar refractivity (Wildman–Crippen MR) is 225 cm³/mol. The zero-order valence-electron chi connectivity index (χ0n) is 34.9. The van der Waals surface area contributed by atoms with Crippen molar-refractivity contribution in [3.63, 3.8) is 0 Å². The maximum Gasteiger partial charge on any atom is 0.335 e. The van der Waals surface area contributed by atoms with E-state index in [2.05, 4.69) is 55.8 Å². The number of carbonyl (C=O) groups is 4. The average molecular weight is 910 g/mol. The van der Waals surface area contributed by atoms with Gasteiger partial charge in [0.2, 0.25) is 0 Å². The van der Waals surface area contributed by atoms with Crippen LogP contribution in [0.15, 0.2) is 69.2 Å². The number of azo groups is 2. The van der Waals surface area contributed by atoms with Crippen molar-refractivity contribution < 1.29 is 44.7 Å². The SMILES string of the molecule is CC(C)c1nn(-c2nc(O)nc(-n3nc(C(C)C)c(N=Nc4c(C#N)cnn4-c4cc(C(=O)O)cc(C(=O)O)c4)c3N)n2)c(N)c1N=Nc1c(C#N)cnn1-c1cc(C(=O)O)cc(C(=O)O)c1. The molecule has 7 rings (SSSR count). The molecule has 7 aromatic rings. The molecule has 0 atom stereocenters. The number of anilines is 2. The van der Waals surface area contributed by atoms with Gasteiger partial charge in [0, 0.05) is 0 Å². The van der Waals surface area contributed by atoms with Crippen molar-refractivity contribution in [2.45, 2.75) is 39.5 Å². The van der Waals surface area contributed by atoms with Crippen LogP contribution in [0.5, 0.6) is 6.01 Å². The van der Waals surface area contributed by atoms with Crippen molar-refractivity contribution in [2.75, 3.05) is 11.5 Å². The first-order valence-corrected chi connectivity index (χ1v) is 19.1. The lowest BCUT2D eigenvalue weighted by Gasteiger charge is -2.07. The zero-order chi connectivity index (χ0) is 48.6. The zero-order valence-corrected chi connectivity index (χ0v) is 34.9. The second-order valence-corrected chi connectivity index (χ2v) is 14.6. The Morgan fingerprint density at radius 3 is 1.21 bits per heavy atom. The second kappa shape index (κ2) is 17.5. The van der Waals surface area contributed by atoms with Crippen LogP contribution in [0.1, 0.15) is 103 Å². The fourth-order valence-electron chi connectivity index (χ4n) is 6.27. The molecule has 0 fully saturated rings. The topological polar surface area (TPSA) is 428 Å². The van der Waals surface area contributed by atoms with E-state index in [-0.39, 0.29) is 103 Å². The summed E-state index contributed by atoms with van der Waals surface area (Å²) in [6.07, 6.45) is 2.23. The highest BCUT2D eigenvalue weighted by molar-refractivity contribution is 5.95. The molecule has 336 valence electrons. The van der Waals surface area contributed by atoms with E-state index in [4.69, 9.17) is 11.5 Å². The monoisotopic (exact) mass is 909 g/mol. The van der Waals surface area contributed by atoms with E-state index < -0.39 is 41.7 Å². The molecule has 2 aromatic carbocycles. The van der Waals surface area contributed by atoms with Crippen LogP contribution in [0, 0.1) is 22.7 Å². The highest BCUT2D eigenvalue weighted by Crippen LogP contribution is 2.38. The van der Waals surface area contributed by atoms with Crippen molar-refractivity contribution >= 4 is 58.5 Å². The van der Waals surface area contributed by atoms with Crippen LogP contribution in [0.3, 0.4) is 0 Å². The molecule has 9 N–H and O–H groups in total. The lowest BCUT2D eigenvalue weighted by atomic mass is 10.1. The molecular formula is C39H31N19O9. The molecule has 28 nitrogen and oxygen atoms in total. The Bertz CT molecular complexity index is 3080. The van der Waals surface area contributed by atoms with Gasteiger partial charge in [-0.05, 0) is 48.2 Å². The minimum absolute atomic E-state index is 0.0492.